The van der Waals surface area contributed by atoms with Crippen molar-refractivity contribution >= 4 is 36.4 Å². The molecule has 0 fully saturated rings. The smallest absolute Gasteiger partial charge is 0.198 e. The third kappa shape index (κ3) is 4.57. The number of rotatable bonds is 6. The average Bonchev–Trinajstić information content (AvgIpc) is 2.62. The maximum atomic E-state index is 12.9. The van der Waals surface area contributed by atoms with Gasteiger partial charge in [0.05, 0.1) is 5.56 Å². The fourth-order valence-corrected chi connectivity index (χ4v) is 3.61. The molecule has 0 N–H and O–H groups in total. The van der Waals surface area contributed by atoms with Crippen LogP contribution < -0.4 is 4.74 Å². The minimum atomic E-state index is -0.143. The highest BCUT2D eigenvalue weighted by Crippen LogP contribution is 2.33. The van der Waals surface area contributed by atoms with E-state index in [0.717, 1.165) is 6.54 Å². The van der Waals surface area contributed by atoms with Crippen LogP contribution in [0, 0.1) is 0 Å². The summed E-state index contributed by atoms with van der Waals surface area (Å²) in [5.41, 5.74) is 1.73. The van der Waals surface area contributed by atoms with Crippen LogP contribution in [-0.4, -0.2) is 41.7 Å². The summed E-state index contributed by atoms with van der Waals surface area (Å²) in [6, 6.07) is 13.0. The van der Waals surface area contributed by atoms with Gasteiger partial charge in [0.25, 0.3) is 0 Å². The van der Waals surface area contributed by atoms with Gasteiger partial charge in [0.1, 0.15) is 12.4 Å². The summed E-state index contributed by atoms with van der Waals surface area (Å²) in [5, 5.41) is 0. The highest BCUT2D eigenvalue weighted by molar-refractivity contribution is 6.29. The molecule has 152 valence electrons. The molecule has 0 saturated carbocycles. The maximum Gasteiger partial charge on any atom is 0.198 e. The van der Waals surface area contributed by atoms with Crippen molar-refractivity contribution < 1.29 is 14.3 Å². The zero-order chi connectivity index (χ0) is 18.8. The molecular weight excluding hydrogens is 397 g/mol. The van der Waals surface area contributed by atoms with Gasteiger partial charge in [-0.3, -0.25) is 14.5 Å². The van der Waals surface area contributed by atoms with E-state index in [1.165, 1.54) is 0 Å². The molecule has 0 radical (unpaired) electrons. The molecule has 0 saturated heterocycles. The topological polar surface area (TPSA) is 46.6 Å². The third-order valence-corrected chi connectivity index (χ3v) is 4.85. The van der Waals surface area contributed by atoms with Crippen LogP contribution in [0.3, 0.4) is 0 Å². The SMILES string of the molecule is CC(C)N(CCOc1cccc2c1C(=O)c1ccccc1C2=O)C(C)C.Cl.Cl. The van der Waals surface area contributed by atoms with Gasteiger partial charge in [0.15, 0.2) is 11.6 Å². The number of nitrogens with zero attached hydrogens (tertiary/aromatic N) is 1. The summed E-state index contributed by atoms with van der Waals surface area (Å²) < 4.78 is 5.95. The van der Waals surface area contributed by atoms with Gasteiger partial charge in [-0.15, -0.1) is 24.8 Å². The van der Waals surface area contributed by atoms with E-state index in [1.807, 2.05) is 0 Å². The number of ketones is 2. The molecule has 1 aliphatic rings. The minimum absolute atomic E-state index is 0. The Labute approximate surface area is 179 Å². The number of hydrogen-bond donors (Lipinski definition) is 0. The molecule has 0 aliphatic heterocycles. The maximum absolute atomic E-state index is 12.9. The predicted octanol–water partition coefficient (Wildman–Crippen LogP) is 4.80. The Morgan fingerprint density at radius 3 is 1.89 bits per heavy atom. The molecular formula is C22H27Cl2NO3. The molecule has 2 aromatic carbocycles. The monoisotopic (exact) mass is 423 g/mol. The highest BCUT2D eigenvalue weighted by Gasteiger charge is 2.31. The van der Waals surface area contributed by atoms with Crippen molar-refractivity contribution in [1.82, 2.24) is 4.90 Å². The number of fused-ring (bicyclic) bond motifs is 2. The minimum Gasteiger partial charge on any atom is -0.491 e. The molecule has 6 heteroatoms. The van der Waals surface area contributed by atoms with Crippen LogP contribution in [0.4, 0.5) is 0 Å². The van der Waals surface area contributed by atoms with E-state index >= 15 is 0 Å². The van der Waals surface area contributed by atoms with E-state index in [2.05, 4.69) is 32.6 Å². The van der Waals surface area contributed by atoms with Crippen molar-refractivity contribution in [3.63, 3.8) is 0 Å². The fourth-order valence-electron chi connectivity index (χ4n) is 3.61. The van der Waals surface area contributed by atoms with Crippen LogP contribution in [0.5, 0.6) is 5.75 Å². The lowest BCUT2D eigenvalue weighted by Gasteiger charge is -2.30. The lowest BCUT2D eigenvalue weighted by atomic mass is 9.83. The number of carbonyl (C=O) groups excluding carboxylic acids is 2. The number of carbonyl (C=O) groups is 2. The lowest BCUT2D eigenvalue weighted by Crippen LogP contribution is -2.39. The Balaban J connectivity index is 0.00000196. The second kappa shape index (κ2) is 10.1. The molecule has 0 spiro atoms. The van der Waals surface area contributed by atoms with Crippen molar-refractivity contribution in [2.45, 2.75) is 39.8 Å². The summed E-state index contributed by atoms with van der Waals surface area (Å²) in [4.78, 5) is 28.0. The summed E-state index contributed by atoms with van der Waals surface area (Å²) in [7, 11) is 0. The Morgan fingerprint density at radius 1 is 0.786 bits per heavy atom. The lowest BCUT2D eigenvalue weighted by molar-refractivity contribution is 0.0973. The molecule has 1 aliphatic carbocycles. The van der Waals surface area contributed by atoms with Gasteiger partial charge in [0, 0.05) is 35.3 Å². The van der Waals surface area contributed by atoms with Crippen molar-refractivity contribution in [3.05, 3.63) is 64.7 Å². The largest absolute Gasteiger partial charge is 0.491 e. The molecule has 2 aromatic rings. The fraction of sp³-hybridized carbons (Fsp3) is 0.364. The van der Waals surface area contributed by atoms with Crippen LogP contribution in [0.2, 0.25) is 0 Å². The third-order valence-electron chi connectivity index (χ3n) is 4.85. The zero-order valence-corrected chi connectivity index (χ0v) is 18.2. The Morgan fingerprint density at radius 2 is 1.32 bits per heavy atom. The van der Waals surface area contributed by atoms with E-state index in [1.54, 1.807) is 42.5 Å². The van der Waals surface area contributed by atoms with Gasteiger partial charge in [-0.1, -0.05) is 36.4 Å². The van der Waals surface area contributed by atoms with Crippen LogP contribution in [0.25, 0.3) is 0 Å². The molecule has 0 amide bonds. The quantitative estimate of drug-likeness (QED) is 0.570. The molecule has 0 aromatic heterocycles. The predicted molar refractivity (Wildman–Crippen MR) is 117 cm³/mol. The van der Waals surface area contributed by atoms with Crippen LogP contribution >= 0.6 is 24.8 Å². The van der Waals surface area contributed by atoms with E-state index in [9.17, 15) is 9.59 Å². The number of benzene rings is 2. The molecule has 0 heterocycles. The van der Waals surface area contributed by atoms with Gasteiger partial charge >= 0.3 is 0 Å². The highest BCUT2D eigenvalue weighted by atomic mass is 35.5. The second-order valence-electron chi connectivity index (χ2n) is 7.16. The van der Waals surface area contributed by atoms with E-state index in [4.69, 9.17) is 4.74 Å². The van der Waals surface area contributed by atoms with Gasteiger partial charge in [-0.25, -0.2) is 0 Å². The summed E-state index contributed by atoms with van der Waals surface area (Å²) >= 11 is 0. The first-order chi connectivity index (χ1) is 12.4. The van der Waals surface area contributed by atoms with Crippen LogP contribution in [0.15, 0.2) is 42.5 Å². The summed E-state index contributed by atoms with van der Waals surface area (Å²) in [6.45, 7) is 9.85. The molecule has 3 rings (SSSR count). The number of ether oxygens (including phenoxy) is 1. The van der Waals surface area contributed by atoms with E-state index in [-0.39, 0.29) is 36.4 Å². The van der Waals surface area contributed by atoms with E-state index < -0.39 is 0 Å². The Kier molecular flexibility index (Phi) is 8.68. The first-order valence-corrected chi connectivity index (χ1v) is 9.11. The molecule has 0 bridgehead atoms. The number of halogens is 2. The molecule has 0 atom stereocenters. The number of hydrogen-bond acceptors (Lipinski definition) is 4. The van der Waals surface area contributed by atoms with Gasteiger partial charge in [0.2, 0.25) is 0 Å². The Bertz CT molecular complexity index is 841. The van der Waals surface area contributed by atoms with E-state index in [0.29, 0.717) is 46.7 Å². The molecule has 0 unspecified atom stereocenters. The van der Waals surface area contributed by atoms with Crippen molar-refractivity contribution in [2.75, 3.05) is 13.2 Å². The first-order valence-electron chi connectivity index (χ1n) is 9.11. The van der Waals surface area contributed by atoms with Crippen LogP contribution in [-0.2, 0) is 0 Å². The average molecular weight is 424 g/mol. The first kappa shape index (κ1) is 24.2. The van der Waals surface area contributed by atoms with Crippen molar-refractivity contribution in [3.8, 4) is 5.75 Å². The zero-order valence-electron chi connectivity index (χ0n) is 16.6. The van der Waals surface area contributed by atoms with Gasteiger partial charge in [-0.2, -0.15) is 0 Å². The molecule has 4 nitrogen and oxygen atoms in total. The summed E-state index contributed by atoms with van der Waals surface area (Å²) in [5.74, 6) is 0.227. The molecule has 28 heavy (non-hydrogen) atoms. The van der Waals surface area contributed by atoms with Crippen LogP contribution in [0.1, 0.15) is 59.5 Å². The Hall–Kier alpha value is -1.88. The normalized spacial score (nSPS) is 12.4. The summed E-state index contributed by atoms with van der Waals surface area (Å²) in [6.07, 6.45) is 0. The van der Waals surface area contributed by atoms with Crippen molar-refractivity contribution in [2.24, 2.45) is 0 Å². The van der Waals surface area contributed by atoms with Crippen molar-refractivity contribution in [1.29, 1.82) is 0 Å². The van der Waals surface area contributed by atoms with Gasteiger partial charge in [-0.05, 0) is 33.8 Å². The van der Waals surface area contributed by atoms with Gasteiger partial charge < -0.3 is 4.74 Å². The standard InChI is InChI=1S/C22H25NO3.2ClH/c1-14(2)23(15(3)4)12-13-26-19-11-7-10-18-20(19)22(25)17-9-6-5-8-16(17)21(18)24;;/h5-11,14-15H,12-13H2,1-4H3;2*1H. The second-order valence-corrected chi connectivity index (χ2v) is 7.16.